The van der Waals surface area contributed by atoms with Crippen LogP contribution in [0.4, 0.5) is 10.1 Å². The molecular formula is C23H21FN2O5S. The minimum absolute atomic E-state index is 0.0182. The van der Waals surface area contributed by atoms with Crippen LogP contribution >= 0.6 is 0 Å². The smallest absolute Gasteiger partial charge is 0.335 e. The molecule has 0 aliphatic rings. The number of para-hydroxylation sites is 1. The van der Waals surface area contributed by atoms with E-state index in [2.05, 4.69) is 5.32 Å². The van der Waals surface area contributed by atoms with E-state index in [1.807, 2.05) is 0 Å². The highest BCUT2D eigenvalue weighted by molar-refractivity contribution is 7.92. The second kappa shape index (κ2) is 9.61. The van der Waals surface area contributed by atoms with Crippen LogP contribution in [-0.4, -0.2) is 31.9 Å². The van der Waals surface area contributed by atoms with Crippen molar-refractivity contribution in [3.05, 3.63) is 95.3 Å². The van der Waals surface area contributed by atoms with Crippen LogP contribution in [0.2, 0.25) is 0 Å². The minimum atomic E-state index is -4.23. The summed E-state index contributed by atoms with van der Waals surface area (Å²) in [5.41, 5.74) is 1.18. The Bertz CT molecular complexity index is 1240. The molecular weight excluding hydrogens is 435 g/mol. The van der Waals surface area contributed by atoms with Gasteiger partial charge in [0.2, 0.25) is 5.91 Å². The highest BCUT2D eigenvalue weighted by Crippen LogP contribution is 2.26. The van der Waals surface area contributed by atoms with Crippen molar-refractivity contribution >= 4 is 27.6 Å². The van der Waals surface area contributed by atoms with Crippen LogP contribution in [0.25, 0.3) is 0 Å². The van der Waals surface area contributed by atoms with Gasteiger partial charge in [-0.15, -0.1) is 0 Å². The Labute approximate surface area is 185 Å². The van der Waals surface area contributed by atoms with E-state index in [0.29, 0.717) is 5.56 Å². The summed E-state index contributed by atoms with van der Waals surface area (Å²) < 4.78 is 41.7. The van der Waals surface area contributed by atoms with Gasteiger partial charge >= 0.3 is 5.97 Å². The quantitative estimate of drug-likeness (QED) is 0.541. The number of carboxylic acids is 1. The number of nitrogens with one attached hydrogen (secondary N) is 1. The topological polar surface area (TPSA) is 104 Å². The van der Waals surface area contributed by atoms with Crippen LogP contribution in [0.1, 0.15) is 21.5 Å². The number of anilines is 1. The molecule has 0 bridgehead atoms. The van der Waals surface area contributed by atoms with Gasteiger partial charge in [-0.2, -0.15) is 0 Å². The second-order valence-corrected chi connectivity index (χ2v) is 8.92. The number of benzene rings is 3. The maximum atomic E-state index is 14.5. The summed E-state index contributed by atoms with van der Waals surface area (Å²) in [7, 11) is -4.23. The number of aryl methyl sites for hydroxylation is 1. The van der Waals surface area contributed by atoms with E-state index in [1.165, 1.54) is 42.5 Å². The van der Waals surface area contributed by atoms with Crippen LogP contribution in [0.15, 0.2) is 77.7 Å². The molecule has 3 aromatic carbocycles. The van der Waals surface area contributed by atoms with Crippen molar-refractivity contribution in [2.75, 3.05) is 10.8 Å². The Morgan fingerprint density at radius 2 is 1.69 bits per heavy atom. The monoisotopic (exact) mass is 456 g/mol. The van der Waals surface area contributed by atoms with Crippen LogP contribution in [0, 0.1) is 12.7 Å². The summed E-state index contributed by atoms with van der Waals surface area (Å²) in [4.78, 5) is 23.6. The van der Waals surface area contributed by atoms with E-state index in [9.17, 15) is 22.4 Å². The van der Waals surface area contributed by atoms with Crippen molar-refractivity contribution in [1.82, 2.24) is 5.32 Å². The number of halogens is 1. The molecule has 0 aliphatic carbocycles. The fourth-order valence-corrected chi connectivity index (χ4v) is 4.42. The fraction of sp³-hybridized carbons (Fsp3) is 0.130. The minimum Gasteiger partial charge on any atom is -0.478 e. The van der Waals surface area contributed by atoms with Gasteiger partial charge in [0, 0.05) is 6.54 Å². The van der Waals surface area contributed by atoms with Gasteiger partial charge < -0.3 is 10.4 Å². The first-order valence-electron chi connectivity index (χ1n) is 9.61. The van der Waals surface area contributed by atoms with Crippen LogP contribution in [0.5, 0.6) is 0 Å². The molecule has 3 aromatic rings. The molecule has 32 heavy (non-hydrogen) atoms. The fourth-order valence-electron chi connectivity index (χ4n) is 2.99. The van der Waals surface area contributed by atoms with E-state index < -0.39 is 34.3 Å². The first-order valence-corrected chi connectivity index (χ1v) is 11.1. The Morgan fingerprint density at radius 3 is 2.34 bits per heavy atom. The third-order valence-electron chi connectivity index (χ3n) is 4.68. The standard InChI is InChI=1S/C23H21FN2O5S/c1-16-9-11-19(12-10-16)32(30,31)26(21-8-3-2-7-20(21)24)15-22(27)25-14-17-5-4-6-18(13-17)23(28)29/h2-13H,14-15H2,1H3,(H,25,27)(H,28,29). The predicted octanol–water partition coefficient (Wildman–Crippen LogP) is 3.34. The van der Waals surface area contributed by atoms with Gasteiger partial charge in [-0.05, 0) is 48.9 Å². The van der Waals surface area contributed by atoms with E-state index in [4.69, 9.17) is 5.11 Å². The Morgan fingerprint density at radius 1 is 1.00 bits per heavy atom. The molecule has 9 heteroatoms. The molecule has 3 rings (SSSR count). The molecule has 7 nitrogen and oxygen atoms in total. The van der Waals surface area contributed by atoms with Crippen molar-refractivity contribution in [2.45, 2.75) is 18.4 Å². The number of carboxylic acid groups (broad SMARTS) is 1. The van der Waals surface area contributed by atoms with Crippen LogP contribution < -0.4 is 9.62 Å². The Kier molecular flexibility index (Phi) is 6.89. The third kappa shape index (κ3) is 5.30. The molecule has 0 radical (unpaired) electrons. The third-order valence-corrected chi connectivity index (χ3v) is 6.45. The number of carbonyl (C=O) groups excluding carboxylic acids is 1. The van der Waals surface area contributed by atoms with E-state index >= 15 is 0 Å². The van der Waals surface area contributed by atoms with Crippen LogP contribution in [0.3, 0.4) is 0 Å². The van der Waals surface area contributed by atoms with Gasteiger partial charge in [-0.3, -0.25) is 9.10 Å². The molecule has 0 saturated carbocycles. The van der Waals surface area contributed by atoms with Gasteiger partial charge in [0.25, 0.3) is 10.0 Å². The SMILES string of the molecule is Cc1ccc(S(=O)(=O)N(CC(=O)NCc2cccc(C(=O)O)c2)c2ccccc2F)cc1. The van der Waals surface area contributed by atoms with Crippen molar-refractivity contribution in [2.24, 2.45) is 0 Å². The Hall–Kier alpha value is -3.72. The number of amides is 1. The number of hydrogen-bond acceptors (Lipinski definition) is 4. The highest BCUT2D eigenvalue weighted by atomic mass is 32.2. The van der Waals surface area contributed by atoms with Gasteiger partial charge in [0.05, 0.1) is 16.1 Å². The number of nitrogens with zero attached hydrogens (tertiary/aromatic N) is 1. The number of rotatable bonds is 8. The first-order chi connectivity index (χ1) is 15.2. The average molecular weight is 456 g/mol. The number of carbonyl (C=O) groups is 2. The predicted molar refractivity (Wildman–Crippen MR) is 117 cm³/mol. The normalized spacial score (nSPS) is 11.1. The lowest BCUT2D eigenvalue weighted by atomic mass is 10.1. The molecule has 0 spiro atoms. The van der Waals surface area contributed by atoms with E-state index in [0.717, 1.165) is 15.9 Å². The van der Waals surface area contributed by atoms with Gasteiger partial charge in [-0.1, -0.05) is 42.0 Å². The van der Waals surface area contributed by atoms with Gasteiger partial charge in [0.1, 0.15) is 12.4 Å². The maximum absolute atomic E-state index is 14.5. The van der Waals surface area contributed by atoms with Crippen molar-refractivity contribution in [3.63, 3.8) is 0 Å². The lowest BCUT2D eigenvalue weighted by Crippen LogP contribution is -2.41. The molecule has 0 saturated heterocycles. The number of aromatic carboxylic acids is 1. The maximum Gasteiger partial charge on any atom is 0.335 e. The van der Waals surface area contributed by atoms with Gasteiger partial charge in [-0.25, -0.2) is 17.6 Å². The molecule has 166 valence electrons. The summed E-state index contributed by atoms with van der Waals surface area (Å²) >= 11 is 0. The summed E-state index contributed by atoms with van der Waals surface area (Å²) in [5, 5.41) is 11.6. The zero-order valence-electron chi connectivity index (χ0n) is 17.2. The van der Waals surface area contributed by atoms with Crippen LogP contribution in [-0.2, 0) is 21.4 Å². The molecule has 0 atom stereocenters. The van der Waals surface area contributed by atoms with E-state index in [1.54, 1.807) is 31.2 Å². The lowest BCUT2D eigenvalue weighted by Gasteiger charge is -2.24. The highest BCUT2D eigenvalue weighted by Gasteiger charge is 2.29. The van der Waals surface area contributed by atoms with Gasteiger partial charge in [0.15, 0.2) is 0 Å². The number of hydrogen-bond donors (Lipinski definition) is 2. The first kappa shape index (κ1) is 23.0. The average Bonchev–Trinajstić information content (AvgIpc) is 2.77. The molecule has 0 aromatic heterocycles. The van der Waals surface area contributed by atoms with E-state index in [-0.39, 0.29) is 22.7 Å². The molecule has 2 N–H and O–H groups in total. The molecule has 0 aliphatic heterocycles. The lowest BCUT2D eigenvalue weighted by molar-refractivity contribution is -0.119. The summed E-state index contributed by atoms with van der Waals surface area (Å²) in [6, 6.07) is 17.3. The summed E-state index contributed by atoms with van der Waals surface area (Å²) in [6.07, 6.45) is 0. The summed E-state index contributed by atoms with van der Waals surface area (Å²) in [6.45, 7) is 1.13. The summed E-state index contributed by atoms with van der Waals surface area (Å²) in [5.74, 6) is -2.57. The van der Waals surface area contributed by atoms with Crippen molar-refractivity contribution < 1.29 is 27.5 Å². The zero-order chi connectivity index (χ0) is 23.3. The number of sulfonamides is 1. The second-order valence-electron chi connectivity index (χ2n) is 7.06. The Balaban J connectivity index is 1.85. The largest absolute Gasteiger partial charge is 0.478 e. The molecule has 0 fully saturated rings. The van der Waals surface area contributed by atoms with Crippen molar-refractivity contribution in [3.8, 4) is 0 Å². The molecule has 0 unspecified atom stereocenters. The molecule has 0 heterocycles. The zero-order valence-corrected chi connectivity index (χ0v) is 18.0. The van der Waals surface area contributed by atoms with Crippen molar-refractivity contribution in [1.29, 1.82) is 0 Å². The molecule has 1 amide bonds.